The van der Waals surface area contributed by atoms with Crippen molar-refractivity contribution in [2.24, 2.45) is 0 Å². The number of hydrogen-bond donors (Lipinski definition) is 2. The van der Waals surface area contributed by atoms with Crippen molar-refractivity contribution >= 4 is 15.9 Å². The number of aliphatic hydroxyl groups is 2. The second-order valence-corrected chi connectivity index (χ2v) is 4.10. The zero-order valence-electron chi connectivity index (χ0n) is 6.19. The molecule has 0 aromatic rings. The molecule has 0 aliphatic carbocycles. The predicted molar refractivity (Wildman–Crippen MR) is 42.0 cm³/mol. The average molecular weight is 228 g/mol. The summed E-state index contributed by atoms with van der Waals surface area (Å²) in [6, 6.07) is -1.41. The van der Waals surface area contributed by atoms with Gasteiger partial charge >= 0.3 is 0 Å². The van der Waals surface area contributed by atoms with Crippen LogP contribution in [0.3, 0.4) is 0 Å². The molecule has 0 bridgehead atoms. The van der Waals surface area contributed by atoms with Gasteiger partial charge in [0.25, 0.3) is 6.04 Å². The Labute approximate surface area is 72.3 Å². The normalized spacial score (nSPS) is 21.9. The molecule has 0 saturated carbocycles. The predicted octanol–water partition coefficient (Wildman–Crippen LogP) is 0.116. The first-order chi connectivity index (χ1) is 4.76. The van der Waals surface area contributed by atoms with Gasteiger partial charge in [-0.25, -0.2) is 0 Å². The first kappa shape index (κ1) is 10.8. The summed E-state index contributed by atoms with van der Waals surface area (Å²) in [5.41, 5.74) is 0. The summed E-state index contributed by atoms with van der Waals surface area (Å²) < 4.78 is -1.68. The van der Waals surface area contributed by atoms with E-state index in [9.17, 15) is 10.1 Å². The average Bonchev–Trinajstić information content (AvgIpc) is 1.54. The van der Waals surface area contributed by atoms with E-state index in [0.29, 0.717) is 0 Å². The molecule has 0 aliphatic rings. The molecule has 0 amide bonds. The first-order valence-electron chi connectivity index (χ1n) is 2.99. The summed E-state index contributed by atoms with van der Waals surface area (Å²) in [7, 11) is 0. The second-order valence-electron chi connectivity index (χ2n) is 2.49. The van der Waals surface area contributed by atoms with E-state index >= 15 is 0 Å². The Bertz CT molecular complexity index is 153. The smallest absolute Gasteiger partial charge is 0.275 e. The molecule has 0 aromatic heterocycles. The van der Waals surface area contributed by atoms with Gasteiger partial charge in [0.15, 0.2) is 4.51 Å². The molecular formula is C5H10BrNO4. The van der Waals surface area contributed by atoms with Gasteiger partial charge in [0, 0.05) is 4.92 Å². The molecule has 0 radical (unpaired) electrons. The zero-order chi connectivity index (χ0) is 9.23. The standard InChI is InChI=1S/C5H10BrNO4/c1-3(8)4(7(10)11)5(2,6)9/h3-4,8-9H,1-2H3/t3-,4+,5+/m1/s1. The Kier molecular flexibility index (Phi) is 3.40. The fourth-order valence-electron chi connectivity index (χ4n) is 0.809. The van der Waals surface area contributed by atoms with Crippen LogP contribution in [0.4, 0.5) is 0 Å². The molecule has 0 spiro atoms. The van der Waals surface area contributed by atoms with E-state index in [4.69, 9.17) is 10.2 Å². The number of nitro groups is 1. The lowest BCUT2D eigenvalue weighted by Crippen LogP contribution is -2.46. The quantitative estimate of drug-likeness (QED) is 0.408. The Morgan fingerprint density at radius 1 is 1.73 bits per heavy atom. The van der Waals surface area contributed by atoms with Gasteiger partial charge in [-0.15, -0.1) is 0 Å². The topological polar surface area (TPSA) is 83.6 Å². The van der Waals surface area contributed by atoms with Crippen molar-refractivity contribution in [3.8, 4) is 0 Å². The Balaban J connectivity index is 4.49. The molecular weight excluding hydrogens is 218 g/mol. The summed E-state index contributed by atoms with van der Waals surface area (Å²) >= 11 is 2.70. The highest BCUT2D eigenvalue weighted by atomic mass is 79.9. The largest absolute Gasteiger partial charge is 0.386 e. The maximum atomic E-state index is 10.2. The van der Waals surface area contributed by atoms with E-state index in [1.54, 1.807) is 0 Å². The van der Waals surface area contributed by atoms with E-state index in [2.05, 4.69) is 15.9 Å². The van der Waals surface area contributed by atoms with Crippen molar-refractivity contribution in [3.05, 3.63) is 10.1 Å². The lowest BCUT2D eigenvalue weighted by Gasteiger charge is -2.21. The van der Waals surface area contributed by atoms with Crippen LogP contribution in [0.1, 0.15) is 13.8 Å². The van der Waals surface area contributed by atoms with Gasteiger partial charge in [0.1, 0.15) is 6.10 Å². The Hall–Kier alpha value is -0.200. The van der Waals surface area contributed by atoms with Gasteiger partial charge in [-0.05, 0) is 29.8 Å². The van der Waals surface area contributed by atoms with Crippen molar-refractivity contribution in [2.75, 3.05) is 0 Å². The summed E-state index contributed by atoms with van der Waals surface area (Å²) in [4.78, 5) is 9.52. The number of halogens is 1. The van der Waals surface area contributed by atoms with Crippen molar-refractivity contribution in [3.63, 3.8) is 0 Å². The summed E-state index contributed by atoms with van der Waals surface area (Å²) in [6.07, 6.45) is -1.20. The van der Waals surface area contributed by atoms with Crippen LogP contribution in [0, 0.1) is 10.1 Å². The summed E-state index contributed by atoms with van der Waals surface area (Å²) in [5.74, 6) is 0. The molecule has 11 heavy (non-hydrogen) atoms. The van der Waals surface area contributed by atoms with Crippen LogP contribution < -0.4 is 0 Å². The summed E-state index contributed by atoms with van der Waals surface area (Å²) in [5, 5.41) is 28.3. The van der Waals surface area contributed by atoms with Crippen LogP contribution in [0.5, 0.6) is 0 Å². The molecule has 3 atom stereocenters. The molecule has 0 heterocycles. The number of rotatable bonds is 3. The number of alkyl halides is 1. The molecule has 0 saturated heterocycles. The minimum Gasteiger partial charge on any atom is -0.386 e. The molecule has 0 aromatic carbocycles. The molecule has 0 rings (SSSR count). The molecule has 2 N–H and O–H groups in total. The Morgan fingerprint density at radius 2 is 2.09 bits per heavy atom. The third-order valence-corrected chi connectivity index (χ3v) is 1.69. The van der Waals surface area contributed by atoms with Crippen molar-refractivity contribution in [1.82, 2.24) is 0 Å². The Morgan fingerprint density at radius 3 is 2.09 bits per heavy atom. The van der Waals surface area contributed by atoms with Crippen molar-refractivity contribution in [2.45, 2.75) is 30.5 Å². The minimum absolute atomic E-state index is 0.723. The first-order valence-corrected chi connectivity index (χ1v) is 3.79. The van der Waals surface area contributed by atoms with E-state index < -0.39 is 21.6 Å². The minimum atomic E-state index is -1.68. The molecule has 0 aliphatic heterocycles. The van der Waals surface area contributed by atoms with Crippen LogP contribution in [-0.2, 0) is 0 Å². The van der Waals surface area contributed by atoms with Crippen LogP contribution >= 0.6 is 15.9 Å². The maximum absolute atomic E-state index is 10.2. The zero-order valence-corrected chi connectivity index (χ0v) is 7.78. The summed E-state index contributed by atoms with van der Waals surface area (Å²) in [6.45, 7) is 2.47. The van der Waals surface area contributed by atoms with E-state index in [-0.39, 0.29) is 0 Å². The number of nitrogens with zero attached hydrogens (tertiary/aromatic N) is 1. The van der Waals surface area contributed by atoms with Gasteiger partial charge in [-0.2, -0.15) is 0 Å². The SMILES string of the molecule is C[C@@H](O)[C@H]([N+](=O)[O-])[C@](C)(O)Br. The van der Waals surface area contributed by atoms with E-state index in [0.717, 1.165) is 0 Å². The van der Waals surface area contributed by atoms with E-state index in [1.165, 1.54) is 13.8 Å². The number of aliphatic hydroxyl groups excluding tert-OH is 1. The van der Waals surface area contributed by atoms with Gasteiger partial charge in [0.05, 0.1) is 0 Å². The van der Waals surface area contributed by atoms with Gasteiger partial charge < -0.3 is 10.2 Å². The van der Waals surface area contributed by atoms with Crippen LogP contribution in [0.15, 0.2) is 0 Å². The third kappa shape index (κ3) is 3.13. The second kappa shape index (κ2) is 3.46. The van der Waals surface area contributed by atoms with Crippen molar-refractivity contribution < 1.29 is 15.1 Å². The van der Waals surface area contributed by atoms with Gasteiger partial charge in [-0.3, -0.25) is 10.1 Å². The lowest BCUT2D eigenvalue weighted by molar-refractivity contribution is -0.547. The number of hydrogen-bond acceptors (Lipinski definition) is 4. The van der Waals surface area contributed by atoms with Crippen LogP contribution in [0.25, 0.3) is 0 Å². The highest BCUT2D eigenvalue weighted by Crippen LogP contribution is 2.22. The monoisotopic (exact) mass is 227 g/mol. The fourth-order valence-corrected chi connectivity index (χ4v) is 1.36. The molecule has 6 heteroatoms. The molecule has 0 fully saturated rings. The highest BCUT2D eigenvalue weighted by Gasteiger charge is 2.42. The molecule has 66 valence electrons. The maximum Gasteiger partial charge on any atom is 0.275 e. The highest BCUT2D eigenvalue weighted by molar-refractivity contribution is 9.10. The van der Waals surface area contributed by atoms with Crippen molar-refractivity contribution in [1.29, 1.82) is 0 Å². The third-order valence-electron chi connectivity index (χ3n) is 1.22. The fraction of sp³-hybridized carbons (Fsp3) is 1.00. The van der Waals surface area contributed by atoms with Crippen LogP contribution in [-0.4, -0.2) is 31.8 Å². The molecule has 5 nitrogen and oxygen atoms in total. The van der Waals surface area contributed by atoms with Gasteiger partial charge in [-0.1, -0.05) is 0 Å². The van der Waals surface area contributed by atoms with E-state index in [1.807, 2.05) is 0 Å². The lowest BCUT2D eigenvalue weighted by atomic mass is 10.1. The van der Waals surface area contributed by atoms with Crippen LogP contribution in [0.2, 0.25) is 0 Å². The molecule has 0 unspecified atom stereocenters. The van der Waals surface area contributed by atoms with Gasteiger partial charge in [0.2, 0.25) is 0 Å².